The van der Waals surface area contributed by atoms with Crippen molar-refractivity contribution in [3.8, 4) is 17.2 Å². The Morgan fingerprint density at radius 3 is 2.75 bits per heavy atom. The minimum Gasteiger partial charge on any atom is -0.508 e. The molecule has 0 aliphatic heterocycles. The molecule has 0 bridgehead atoms. The summed E-state index contributed by atoms with van der Waals surface area (Å²) in [6, 6.07) is 6.33. The molecule has 1 amide bonds. The molecule has 9 nitrogen and oxygen atoms in total. The third-order valence-corrected chi connectivity index (χ3v) is 5.22. The van der Waals surface area contributed by atoms with E-state index >= 15 is 0 Å². The topological polar surface area (TPSA) is 127 Å². The van der Waals surface area contributed by atoms with E-state index in [9.17, 15) is 14.7 Å². The number of carbonyl (C=O) groups is 2. The van der Waals surface area contributed by atoms with Crippen LogP contribution in [-0.4, -0.2) is 44.5 Å². The van der Waals surface area contributed by atoms with Crippen molar-refractivity contribution in [1.82, 2.24) is 15.2 Å². The van der Waals surface area contributed by atoms with Crippen LogP contribution in [0.25, 0.3) is 11.5 Å². The zero-order valence-electron chi connectivity index (χ0n) is 15.0. The molecule has 28 heavy (non-hydrogen) atoms. The number of phenolic OH excluding ortho intramolecular Hbond substituents is 1. The summed E-state index contributed by atoms with van der Waals surface area (Å²) < 4.78 is 10.4. The van der Waals surface area contributed by atoms with Gasteiger partial charge in [-0.1, -0.05) is 23.1 Å². The summed E-state index contributed by atoms with van der Waals surface area (Å²) in [5, 5.41) is 20.3. The lowest BCUT2D eigenvalue weighted by molar-refractivity contribution is -0.113. The lowest BCUT2D eigenvalue weighted by Crippen LogP contribution is -2.13. The van der Waals surface area contributed by atoms with Crippen molar-refractivity contribution in [3.63, 3.8) is 0 Å². The Kier molecular flexibility index (Phi) is 6.26. The highest BCUT2D eigenvalue weighted by molar-refractivity contribution is 7.99. The number of ether oxygens (including phenoxy) is 1. The monoisotopic (exact) mass is 420 g/mol. The fraction of sp³-hybridized carbons (Fsp3) is 0.235. The smallest absolute Gasteiger partial charge is 0.350 e. The van der Waals surface area contributed by atoms with Crippen LogP contribution in [0.4, 0.5) is 5.13 Å². The Morgan fingerprint density at radius 2 is 2.04 bits per heavy atom. The van der Waals surface area contributed by atoms with Crippen molar-refractivity contribution >= 4 is 40.1 Å². The first-order valence-electron chi connectivity index (χ1n) is 8.16. The van der Waals surface area contributed by atoms with Crippen LogP contribution in [0.1, 0.15) is 22.3 Å². The molecule has 1 aromatic carbocycles. The molecule has 0 radical (unpaired) electrons. The fourth-order valence-electron chi connectivity index (χ4n) is 2.11. The lowest BCUT2D eigenvalue weighted by Gasteiger charge is -1.99. The van der Waals surface area contributed by atoms with Gasteiger partial charge in [0.05, 0.1) is 18.1 Å². The molecule has 2 heterocycles. The zero-order chi connectivity index (χ0) is 20.1. The van der Waals surface area contributed by atoms with Crippen LogP contribution < -0.4 is 5.32 Å². The molecule has 2 N–H and O–H groups in total. The van der Waals surface area contributed by atoms with Gasteiger partial charge in [-0.3, -0.25) is 4.79 Å². The molecule has 146 valence electrons. The highest BCUT2D eigenvalue weighted by Crippen LogP contribution is 2.26. The van der Waals surface area contributed by atoms with Gasteiger partial charge >= 0.3 is 5.97 Å². The third-order valence-electron chi connectivity index (χ3n) is 3.35. The maximum absolute atomic E-state index is 12.1. The number of esters is 1. The number of carbonyl (C=O) groups excluding carboxylic acids is 2. The number of hydrogen-bond donors (Lipinski definition) is 2. The molecule has 0 saturated carbocycles. The Labute approximate surface area is 168 Å². The molecule has 3 aromatic rings. The van der Waals surface area contributed by atoms with Gasteiger partial charge in [0.1, 0.15) is 10.6 Å². The van der Waals surface area contributed by atoms with E-state index in [1.807, 2.05) is 0 Å². The second-order valence-electron chi connectivity index (χ2n) is 5.41. The zero-order valence-corrected chi connectivity index (χ0v) is 16.6. The van der Waals surface area contributed by atoms with Crippen molar-refractivity contribution in [2.75, 3.05) is 17.7 Å². The first-order valence-corrected chi connectivity index (χ1v) is 9.96. The third kappa shape index (κ3) is 4.87. The molecule has 0 saturated heterocycles. The number of anilines is 1. The maximum Gasteiger partial charge on any atom is 0.350 e. The second-order valence-corrected chi connectivity index (χ2v) is 7.34. The number of aromatic nitrogens is 3. The Hall–Kier alpha value is -2.92. The number of thiazole rings is 1. The molecule has 0 unspecified atom stereocenters. The molecule has 11 heteroatoms. The molecule has 3 rings (SSSR count). The second kappa shape index (κ2) is 8.85. The van der Waals surface area contributed by atoms with Crippen molar-refractivity contribution in [2.24, 2.45) is 0 Å². The number of thioether (sulfide) groups is 1. The lowest BCUT2D eigenvalue weighted by atomic mass is 10.2. The largest absolute Gasteiger partial charge is 0.508 e. The number of phenols is 1. The molecule has 0 atom stereocenters. The molecular weight excluding hydrogens is 404 g/mol. The van der Waals surface area contributed by atoms with Gasteiger partial charge in [-0.05, 0) is 38.1 Å². The van der Waals surface area contributed by atoms with Gasteiger partial charge in [0, 0.05) is 5.56 Å². The van der Waals surface area contributed by atoms with Gasteiger partial charge in [-0.25, -0.2) is 9.78 Å². The summed E-state index contributed by atoms with van der Waals surface area (Å²) in [5.74, 6) is -0.320. The van der Waals surface area contributed by atoms with E-state index < -0.39 is 5.97 Å². The Morgan fingerprint density at radius 1 is 1.29 bits per heavy atom. The number of aryl methyl sites for hydroxylation is 1. The molecule has 0 fully saturated rings. The van der Waals surface area contributed by atoms with Crippen LogP contribution in [-0.2, 0) is 9.53 Å². The standard InChI is InChI=1S/C17H16N4O5S2/c1-3-25-15(24)13-9(2)18-16(28-13)19-12(23)8-27-17-21-20-14(26-17)10-4-6-11(22)7-5-10/h4-7,22H,3,8H2,1-2H3,(H,18,19,23). The van der Waals surface area contributed by atoms with Crippen LogP contribution in [0.2, 0.25) is 0 Å². The summed E-state index contributed by atoms with van der Waals surface area (Å²) in [5.41, 5.74) is 1.16. The van der Waals surface area contributed by atoms with Gasteiger partial charge < -0.3 is 19.6 Å². The average molecular weight is 420 g/mol. The number of amides is 1. The Balaban J connectivity index is 1.56. The van der Waals surface area contributed by atoms with E-state index in [-0.39, 0.29) is 35.1 Å². The van der Waals surface area contributed by atoms with Crippen LogP contribution in [0.15, 0.2) is 33.9 Å². The van der Waals surface area contributed by atoms with Crippen LogP contribution in [0, 0.1) is 6.92 Å². The number of hydrogen-bond acceptors (Lipinski definition) is 10. The van der Waals surface area contributed by atoms with E-state index in [1.165, 1.54) is 12.1 Å². The summed E-state index contributed by atoms with van der Waals surface area (Å²) in [6.07, 6.45) is 0. The van der Waals surface area contributed by atoms with Crippen LogP contribution in [0.5, 0.6) is 5.75 Å². The van der Waals surface area contributed by atoms with E-state index in [0.717, 1.165) is 23.1 Å². The summed E-state index contributed by atoms with van der Waals surface area (Å²) in [4.78, 5) is 28.4. The summed E-state index contributed by atoms with van der Waals surface area (Å²) in [7, 11) is 0. The van der Waals surface area contributed by atoms with Crippen LogP contribution in [0.3, 0.4) is 0 Å². The quantitative estimate of drug-likeness (QED) is 0.437. The van der Waals surface area contributed by atoms with E-state index in [2.05, 4.69) is 20.5 Å². The minimum absolute atomic E-state index is 0.0323. The SMILES string of the molecule is CCOC(=O)c1sc(NC(=O)CSc2nnc(-c3ccc(O)cc3)o2)nc1C. The summed E-state index contributed by atoms with van der Waals surface area (Å²) in [6.45, 7) is 3.67. The molecular formula is C17H16N4O5S2. The van der Waals surface area contributed by atoms with Gasteiger partial charge in [0.2, 0.25) is 11.8 Å². The number of nitrogens with one attached hydrogen (secondary N) is 1. The highest BCUT2D eigenvalue weighted by Gasteiger charge is 2.18. The first kappa shape index (κ1) is 19.8. The van der Waals surface area contributed by atoms with Gasteiger partial charge in [0.15, 0.2) is 5.13 Å². The molecule has 2 aromatic heterocycles. The van der Waals surface area contributed by atoms with E-state index in [4.69, 9.17) is 9.15 Å². The van der Waals surface area contributed by atoms with Gasteiger partial charge in [-0.15, -0.1) is 10.2 Å². The van der Waals surface area contributed by atoms with E-state index in [0.29, 0.717) is 21.3 Å². The number of rotatable bonds is 7. The number of nitrogens with zero attached hydrogens (tertiary/aromatic N) is 3. The van der Waals surface area contributed by atoms with Crippen molar-refractivity contribution in [1.29, 1.82) is 0 Å². The van der Waals surface area contributed by atoms with Gasteiger partial charge in [0.25, 0.3) is 5.22 Å². The number of benzene rings is 1. The average Bonchev–Trinajstić information content (AvgIpc) is 3.27. The van der Waals surface area contributed by atoms with Crippen LogP contribution >= 0.6 is 23.1 Å². The maximum atomic E-state index is 12.1. The minimum atomic E-state index is -0.458. The summed E-state index contributed by atoms with van der Waals surface area (Å²) >= 11 is 2.14. The molecule has 0 aliphatic rings. The van der Waals surface area contributed by atoms with Gasteiger partial charge in [-0.2, -0.15) is 0 Å². The normalized spacial score (nSPS) is 10.6. The predicted octanol–water partition coefficient (Wildman–Crippen LogP) is 3.11. The molecule has 0 aliphatic carbocycles. The fourth-order valence-corrected chi connectivity index (χ4v) is 3.55. The predicted molar refractivity (Wildman–Crippen MR) is 104 cm³/mol. The molecule has 0 spiro atoms. The number of aromatic hydroxyl groups is 1. The van der Waals surface area contributed by atoms with Crippen molar-refractivity contribution in [3.05, 3.63) is 34.8 Å². The first-order chi connectivity index (χ1) is 13.5. The highest BCUT2D eigenvalue weighted by atomic mass is 32.2. The van der Waals surface area contributed by atoms with Crippen molar-refractivity contribution in [2.45, 2.75) is 19.1 Å². The van der Waals surface area contributed by atoms with E-state index in [1.54, 1.807) is 26.0 Å². The Bertz CT molecular complexity index is 984. The van der Waals surface area contributed by atoms with Crippen molar-refractivity contribution < 1.29 is 23.8 Å².